The van der Waals surface area contributed by atoms with Crippen LogP contribution in [-0.2, 0) is 11.3 Å². The van der Waals surface area contributed by atoms with Crippen molar-refractivity contribution in [3.63, 3.8) is 0 Å². The second-order valence-corrected chi connectivity index (χ2v) is 6.92. The Hall–Kier alpha value is -2.86. The van der Waals surface area contributed by atoms with E-state index in [0.29, 0.717) is 22.6 Å². The molecule has 1 aromatic carbocycles. The number of aromatic nitrogens is 2. The van der Waals surface area contributed by atoms with Crippen LogP contribution in [0.5, 0.6) is 0 Å². The van der Waals surface area contributed by atoms with Crippen molar-refractivity contribution in [1.82, 2.24) is 15.1 Å². The van der Waals surface area contributed by atoms with Crippen LogP contribution in [0.3, 0.4) is 0 Å². The number of amides is 1. The fraction of sp³-hybridized carbons (Fsp3) is 0.250. The number of aryl methyl sites for hydroxylation is 1. The zero-order chi connectivity index (χ0) is 18.8. The van der Waals surface area contributed by atoms with Crippen molar-refractivity contribution in [3.05, 3.63) is 64.9 Å². The lowest BCUT2D eigenvalue weighted by atomic mass is 10.2. The molecule has 0 saturated heterocycles. The van der Waals surface area contributed by atoms with Gasteiger partial charge in [-0.15, -0.1) is 10.2 Å². The Labute approximate surface area is 161 Å². The molecule has 0 spiro atoms. The zero-order valence-electron chi connectivity index (χ0n) is 14.8. The summed E-state index contributed by atoms with van der Waals surface area (Å²) in [4.78, 5) is 14.4. The van der Waals surface area contributed by atoms with Crippen molar-refractivity contribution in [3.8, 4) is 11.5 Å². The van der Waals surface area contributed by atoms with Crippen LogP contribution in [0.1, 0.15) is 30.3 Å². The van der Waals surface area contributed by atoms with Gasteiger partial charge in [0.1, 0.15) is 11.5 Å². The molecule has 1 saturated carbocycles. The minimum absolute atomic E-state index is 0.0993. The Morgan fingerprint density at radius 1 is 1.19 bits per heavy atom. The minimum atomic E-state index is -0.0993. The van der Waals surface area contributed by atoms with E-state index in [2.05, 4.69) is 10.2 Å². The van der Waals surface area contributed by atoms with Gasteiger partial charge in [-0.2, -0.15) is 0 Å². The summed E-state index contributed by atoms with van der Waals surface area (Å²) in [5.41, 5.74) is 0.788. The largest absolute Gasteiger partial charge is 0.462 e. The monoisotopic (exact) mass is 383 g/mol. The lowest BCUT2D eigenvalue weighted by molar-refractivity contribution is -0.127. The molecule has 0 bridgehead atoms. The zero-order valence-corrected chi connectivity index (χ0v) is 15.5. The number of rotatable bonds is 6. The summed E-state index contributed by atoms with van der Waals surface area (Å²) < 4.78 is 11.2. The van der Waals surface area contributed by atoms with Gasteiger partial charge in [0.05, 0.1) is 6.54 Å². The highest BCUT2D eigenvalue weighted by Gasteiger charge is 2.32. The molecule has 1 amide bonds. The number of benzene rings is 1. The maximum Gasteiger partial charge on any atom is 0.247 e. The number of hydrogen-bond donors (Lipinski definition) is 0. The molecule has 3 aromatic rings. The van der Waals surface area contributed by atoms with Gasteiger partial charge in [-0.05, 0) is 62.2 Å². The van der Waals surface area contributed by atoms with Gasteiger partial charge in [0.15, 0.2) is 0 Å². The Balaban J connectivity index is 1.46. The third-order valence-electron chi connectivity index (χ3n) is 4.29. The molecule has 6 nitrogen and oxygen atoms in total. The Kier molecular flexibility index (Phi) is 4.81. The Morgan fingerprint density at radius 3 is 2.63 bits per heavy atom. The summed E-state index contributed by atoms with van der Waals surface area (Å²) in [6, 6.07) is 11.1. The first-order valence-corrected chi connectivity index (χ1v) is 9.10. The average Bonchev–Trinajstić information content (AvgIpc) is 3.25. The summed E-state index contributed by atoms with van der Waals surface area (Å²) >= 11 is 5.90. The van der Waals surface area contributed by atoms with Crippen molar-refractivity contribution >= 4 is 23.6 Å². The normalized spacial score (nSPS) is 14.0. The average molecular weight is 384 g/mol. The number of carbonyl (C=O) groups excluding carboxylic acids is 1. The first-order chi connectivity index (χ1) is 13.1. The lowest BCUT2D eigenvalue weighted by Crippen LogP contribution is -2.31. The predicted octanol–water partition coefficient (Wildman–Crippen LogP) is 4.50. The third-order valence-corrected chi connectivity index (χ3v) is 4.54. The molecule has 0 unspecified atom stereocenters. The van der Waals surface area contributed by atoms with Crippen molar-refractivity contribution in [1.29, 1.82) is 0 Å². The fourth-order valence-corrected chi connectivity index (χ4v) is 2.86. The topological polar surface area (TPSA) is 72.4 Å². The molecule has 2 aromatic heterocycles. The second-order valence-electron chi connectivity index (χ2n) is 6.49. The van der Waals surface area contributed by atoms with Crippen LogP contribution in [0.15, 0.2) is 51.3 Å². The number of carbonyl (C=O) groups is 1. The minimum Gasteiger partial charge on any atom is -0.462 e. The predicted molar refractivity (Wildman–Crippen MR) is 101 cm³/mol. The van der Waals surface area contributed by atoms with Crippen molar-refractivity contribution in [2.45, 2.75) is 32.4 Å². The van der Waals surface area contributed by atoms with Gasteiger partial charge in [-0.3, -0.25) is 4.79 Å². The van der Waals surface area contributed by atoms with Crippen molar-refractivity contribution in [2.24, 2.45) is 0 Å². The van der Waals surface area contributed by atoms with E-state index < -0.39 is 0 Å². The summed E-state index contributed by atoms with van der Waals surface area (Å²) in [6.45, 7) is 2.15. The summed E-state index contributed by atoms with van der Waals surface area (Å²) in [5, 5.41) is 8.80. The second kappa shape index (κ2) is 7.40. The fourth-order valence-electron chi connectivity index (χ4n) is 2.74. The number of hydrogen-bond acceptors (Lipinski definition) is 5. The van der Waals surface area contributed by atoms with Crippen LogP contribution in [0, 0.1) is 6.92 Å². The van der Waals surface area contributed by atoms with Crippen LogP contribution >= 0.6 is 11.6 Å². The van der Waals surface area contributed by atoms with E-state index in [0.717, 1.165) is 24.2 Å². The van der Waals surface area contributed by atoms with Crippen molar-refractivity contribution < 1.29 is 13.6 Å². The molecule has 0 aliphatic heterocycles. The van der Waals surface area contributed by atoms with E-state index in [9.17, 15) is 4.79 Å². The molecule has 0 radical (unpaired) electrons. The highest BCUT2D eigenvalue weighted by atomic mass is 35.5. The van der Waals surface area contributed by atoms with Gasteiger partial charge >= 0.3 is 0 Å². The molecule has 4 rings (SSSR count). The van der Waals surface area contributed by atoms with Gasteiger partial charge in [0, 0.05) is 22.7 Å². The van der Waals surface area contributed by atoms with Crippen molar-refractivity contribution in [2.75, 3.05) is 0 Å². The third kappa shape index (κ3) is 4.28. The highest BCUT2D eigenvalue weighted by molar-refractivity contribution is 6.30. The molecule has 7 heteroatoms. The maximum atomic E-state index is 12.6. The van der Waals surface area contributed by atoms with Gasteiger partial charge in [-0.1, -0.05) is 11.6 Å². The molecule has 2 heterocycles. The molecular weight excluding hydrogens is 366 g/mol. The molecule has 138 valence electrons. The summed E-state index contributed by atoms with van der Waals surface area (Å²) in [7, 11) is 0. The van der Waals surface area contributed by atoms with E-state index in [1.165, 1.54) is 6.08 Å². The van der Waals surface area contributed by atoms with Crippen LogP contribution < -0.4 is 0 Å². The quantitative estimate of drug-likeness (QED) is 0.586. The summed E-state index contributed by atoms with van der Waals surface area (Å²) in [6.07, 6.45) is 5.17. The number of halogens is 1. The molecule has 1 fully saturated rings. The lowest BCUT2D eigenvalue weighted by Gasteiger charge is -2.18. The molecule has 0 atom stereocenters. The first-order valence-electron chi connectivity index (χ1n) is 8.72. The molecule has 0 N–H and O–H groups in total. The SMILES string of the molecule is Cc1ccc(/C=C/C(=O)N(Cc2nnc(-c3ccc(Cl)cc3)o2)C2CC2)o1. The number of nitrogens with zero attached hydrogens (tertiary/aromatic N) is 3. The van der Waals surface area contributed by atoms with Gasteiger partial charge in [0.25, 0.3) is 0 Å². The highest BCUT2D eigenvalue weighted by Crippen LogP contribution is 2.29. The maximum absolute atomic E-state index is 12.6. The van der Waals surface area contributed by atoms with E-state index in [1.807, 2.05) is 31.2 Å². The van der Waals surface area contributed by atoms with Crippen LogP contribution in [0.25, 0.3) is 17.5 Å². The van der Waals surface area contributed by atoms with Gasteiger partial charge < -0.3 is 13.7 Å². The van der Waals surface area contributed by atoms with E-state index in [-0.39, 0.29) is 18.5 Å². The van der Waals surface area contributed by atoms with E-state index >= 15 is 0 Å². The number of furan rings is 1. The first kappa shape index (κ1) is 17.5. The van der Waals surface area contributed by atoms with E-state index in [1.54, 1.807) is 23.1 Å². The Bertz CT molecular complexity index is 971. The summed E-state index contributed by atoms with van der Waals surface area (Å²) in [5.74, 6) is 2.17. The molecule has 27 heavy (non-hydrogen) atoms. The van der Waals surface area contributed by atoms with Gasteiger partial charge in [0.2, 0.25) is 17.7 Å². The Morgan fingerprint density at radius 2 is 1.96 bits per heavy atom. The van der Waals surface area contributed by atoms with Crippen LogP contribution in [0.2, 0.25) is 5.02 Å². The smallest absolute Gasteiger partial charge is 0.247 e. The molecule has 1 aliphatic rings. The van der Waals surface area contributed by atoms with Gasteiger partial charge in [-0.25, -0.2) is 0 Å². The van der Waals surface area contributed by atoms with Crippen LogP contribution in [-0.4, -0.2) is 27.0 Å². The molecular formula is C20H18ClN3O3. The van der Waals surface area contributed by atoms with E-state index in [4.69, 9.17) is 20.4 Å². The molecule has 1 aliphatic carbocycles. The standard InChI is InChI=1S/C20H18ClN3O3/c1-13-2-9-17(26-13)10-11-19(25)24(16-7-8-16)12-18-22-23-20(27-18)14-3-5-15(21)6-4-14/h2-6,9-11,16H,7-8,12H2,1H3/b11-10+. The van der Waals surface area contributed by atoms with Crippen LogP contribution in [0.4, 0.5) is 0 Å².